The van der Waals surface area contributed by atoms with Crippen LogP contribution in [0.3, 0.4) is 0 Å². The molecule has 0 atom stereocenters. The van der Waals surface area contributed by atoms with Gasteiger partial charge in [-0.25, -0.2) is 4.99 Å². The molecular weight excluding hydrogens is 316 g/mol. The van der Waals surface area contributed by atoms with Crippen molar-refractivity contribution in [2.24, 2.45) is 4.99 Å². The number of rotatable bonds is 2. The van der Waals surface area contributed by atoms with Crippen molar-refractivity contribution in [1.82, 2.24) is 5.32 Å². The van der Waals surface area contributed by atoms with E-state index in [2.05, 4.69) is 10.3 Å². The molecule has 3 nitrogen and oxygen atoms in total. The molecule has 110 valence electrons. The first-order valence-corrected chi connectivity index (χ1v) is 7.93. The molecule has 5 heteroatoms. The SMILES string of the molecule is Cc1ccccc1N=C1NC(=O)/C(=C\c2ccccc2Cl)S1. The molecule has 0 aromatic heterocycles. The minimum absolute atomic E-state index is 0.155. The first-order valence-electron chi connectivity index (χ1n) is 6.73. The minimum atomic E-state index is -0.155. The average Bonchev–Trinajstić information content (AvgIpc) is 2.84. The average molecular weight is 329 g/mol. The van der Waals surface area contributed by atoms with Crippen LogP contribution in [0.4, 0.5) is 5.69 Å². The van der Waals surface area contributed by atoms with Crippen molar-refractivity contribution < 1.29 is 4.79 Å². The number of para-hydroxylation sites is 1. The Morgan fingerprint density at radius 1 is 1.14 bits per heavy atom. The fraction of sp³-hybridized carbons (Fsp3) is 0.0588. The number of amides is 1. The first kappa shape index (κ1) is 14.9. The summed E-state index contributed by atoms with van der Waals surface area (Å²) >= 11 is 7.44. The standard InChI is InChI=1S/C17H13ClN2OS/c1-11-6-2-5-9-14(11)19-17-20-16(21)15(22-17)10-12-7-3-4-8-13(12)18/h2-10H,1H3,(H,19,20,21)/b15-10+. The number of halogens is 1. The van der Waals surface area contributed by atoms with E-state index in [9.17, 15) is 4.79 Å². The molecular formula is C17H13ClN2OS. The van der Waals surface area contributed by atoms with Gasteiger partial charge in [0.2, 0.25) is 0 Å². The Morgan fingerprint density at radius 3 is 2.64 bits per heavy atom. The highest BCUT2D eigenvalue weighted by atomic mass is 35.5. The maximum atomic E-state index is 12.1. The van der Waals surface area contributed by atoms with Crippen molar-refractivity contribution in [2.45, 2.75) is 6.92 Å². The molecule has 0 unspecified atom stereocenters. The topological polar surface area (TPSA) is 41.5 Å². The number of benzene rings is 2. The van der Waals surface area contributed by atoms with Crippen LogP contribution >= 0.6 is 23.4 Å². The quantitative estimate of drug-likeness (QED) is 0.822. The smallest absolute Gasteiger partial charge is 0.264 e. The Kier molecular flexibility index (Phi) is 4.32. The monoisotopic (exact) mass is 328 g/mol. The van der Waals surface area contributed by atoms with E-state index in [4.69, 9.17) is 11.6 Å². The van der Waals surface area contributed by atoms with Gasteiger partial charge in [0.15, 0.2) is 5.17 Å². The molecule has 1 N–H and O–H groups in total. The molecule has 0 aliphatic carbocycles. The molecule has 1 aliphatic heterocycles. The predicted molar refractivity (Wildman–Crippen MR) is 93.4 cm³/mol. The molecule has 0 spiro atoms. The summed E-state index contributed by atoms with van der Waals surface area (Å²) in [5, 5.41) is 3.98. The Labute approximate surface area is 138 Å². The number of carbonyl (C=O) groups is 1. The number of hydrogen-bond donors (Lipinski definition) is 1. The molecule has 2 aromatic carbocycles. The third kappa shape index (κ3) is 3.24. The highest BCUT2D eigenvalue weighted by Crippen LogP contribution is 2.30. The van der Waals surface area contributed by atoms with E-state index in [-0.39, 0.29) is 5.91 Å². The Bertz CT molecular complexity index is 799. The Morgan fingerprint density at radius 2 is 1.86 bits per heavy atom. The first-order chi connectivity index (χ1) is 10.6. The summed E-state index contributed by atoms with van der Waals surface area (Å²) in [6, 6.07) is 15.2. The second-order valence-corrected chi connectivity index (χ2v) is 6.23. The van der Waals surface area contributed by atoms with Gasteiger partial charge in [-0.2, -0.15) is 0 Å². The second-order valence-electron chi connectivity index (χ2n) is 4.79. The molecule has 1 saturated heterocycles. The highest BCUT2D eigenvalue weighted by molar-refractivity contribution is 8.18. The van der Waals surface area contributed by atoms with Crippen molar-refractivity contribution in [3.05, 3.63) is 69.6 Å². The summed E-state index contributed by atoms with van der Waals surface area (Å²) in [6.45, 7) is 1.99. The van der Waals surface area contributed by atoms with Gasteiger partial charge in [0.25, 0.3) is 5.91 Å². The van der Waals surface area contributed by atoms with E-state index < -0.39 is 0 Å². The molecule has 2 aromatic rings. The van der Waals surface area contributed by atoms with Gasteiger partial charge in [0.05, 0.1) is 10.6 Å². The van der Waals surface area contributed by atoms with E-state index in [0.29, 0.717) is 15.1 Å². The van der Waals surface area contributed by atoms with Gasteiger partial charge in [-0.05, 0) is 48.0 Å². The summed E-state index contributed by atoms with van der Waals surface area (Å²) < 4.78 is 0. The molecule has 0 saturated carbocycles. The maximum Gasteiger partial charge on any atom is 0.264 e. The summed E-state index contributed by atoms with van der Waals surface area (Å²) in [5.74, 6) is -0.155. The lowest BCUT2D eigenvalue weighted by Crippen LogP contribution is -2.19. The fourth-order valence-electron chi connectivity index (χ4n) is 2.01. The zero-order valence-electron chi connectivity index (χ0n) is 11.8. The van der Waals surface area contributed by atoms with E-state index in [1.54, 1.807) is 12.1 Å². The van der Waals surface area contributed by atoms with Crippen molar-refractivity contribution in [3.8, 4) is 0 Å². The lowest BCUT2D eigenvalue weighted by Gasteiger charge is -1.99. The minimum Gasteiger partial charge on any atom is -0.300 e. The van der Waals surface area contributed by atoms with Crippen LogP contribution in [0.15, 0.2) is 58.4 Å². The van der Waals surface area contributed by atoms with Crippen LogP contribution in [0, 0.1) is 6.92 Å². The zero-order valence-corrected chi connectivity index (χ0v) is 13.4. The van der Waals surface area contributed by atoms with E-state index in [1.165, 1.54) is 11.8 Å². The number of nitrogens with one attached hydrogen (secondary N) is 1. The predicted octanol–water partition coefficient (Wildman–Crippen LogP) is 4.54. The van der Waals surface area contributed by atoms with E-state index in [1.807, 2.05) is 49.4 Å². The maximum absolute atomic E-state index is 12.1. The molecule has 1 heterocycles. The van der Waals surface area contributed by atoms with Crippen LogP contribution < -0.4 is 5.32 Å². The number of carbonyl (C=O) groups excluding carboxylic acids is 1. The molecule has 3 rings (SSSR count). The second kappa shape index (κ2) is 6.38. The zero-order chi connectivity index (χ0) is 15.5. The van der Waals surface area contributed by atoms with E-state index >= 15 is 0 Å². The van der Waals surface area contributed by atoms with Crippen molar-refractivity contribution >= 4 is 46.2 Å². The van der Waals surface area contributed by atoms with Gasteiger partial charge in [0.1, 0.15) is 0 Å². The lowest BCUT2D eigenvalue weighted by molar-refractivity contribution is -0.115. The summed E-state index contributed by atoms with van der Waals surface area (Å²) in [4.78, 5) is 17.1. The summed E-state index contributed by atoms with van der Waals surface area (Å²) in [7, 11) is 0. The van der Waals surface area contributed by atoms with Crippen molar-refractivity contribution in [3.63, 3.8) is 0 Å². The van der Waals surface area contributed by atoms with Gasteiger partial charge < -0.3 is 5.32 Å². The molecule has 0 bridgehead atoms. The molecule has 22 heavy (non-hydrogen) atoms. The Balaban J connectivity index is 1.88. The number of hydrogen-bond acceptors (Lipinski definition) is 3. The number of thioether (sulfide) groups is 1. The van der Waals surface area contributed by atoms with Crippen LogP contribution in [0.25, 0.3) is 6.08 Å². The third-order valence-corrected chi connectivity index (χ3v) is 4.43. The lowest BCUT2D eigenvalue weighted by atomic mass is 10.2. The van der Waals surface area contributed by atoms with Crippen molar-refractivity contribution in [2.75, 3.05) is 0 Å². The van der Waals surface area contributed by atoms with Crippen LogP contribution in [-0.2, 0) is 4.79 Å². The number of aliphatic imine (C=N–C) groups is 1. The largest absolute Gasteiger partial charge is 0.300 e. The molecule has 0 radical (unpaired) electrons. The normalized spacial score (nSPS) is 18.0. The fourth-order valence-corrected chi connectivity index (χ4v) is 3.03. The number of nitrogens with zero attached hydrogens (tertiary/aromatic N) is 1. The van der Waals surface area contributed by atoms with E-state index in [0.717, 1.165) is 16.8 Å². The Hall–Kier alpha value is -2.04. The van der Waals surface area contributed by atoms with Gasteiger partial charge in [-0.3, -0.25) is 4.79 Å². The van der Waals surface area contributed by atoms with Gasteiger partial charge in [-0.15, -0.1) is 0 Å². The van der Waals surface area contributed by atoms with Gasteiger partial charge in [0, 0.05) is 5.02 Å². The third-order valence-electron chi connectivity index (χ3n) is 3.18. The highest BCUT2D eigenvalue weighted by Gasteiger charge is 2.24. The molecule has 1 aliphatic rings. The van der Waals surface area contributed by atoms with Crippen molar-refractivity contribution in [1.29, 1.82) is 0 Å². The van der Waals surface area contributed by atoms with Crippen LogP contribution in [0.5, 0.6) is 0 Å². The van der Waals surface area contributed by atoms with Crippen LogP contribution in [0.1, 0.15) is 11.1 Å². The molecule has 1 amide bonds. The number of aryl methyl sites for hydroxylation is 1. The summed E-state index contributed by atoms with van der Waals surface area (Å²) in [5.41, 5.74) is 2.73. The van der Waals surface area contributed by atoms with Crippen LogP contribution in [-0.4, -0.2) is 11.1 Å². The summed E-state index contributed by atoms with van der Waals surface area (Å²) in [6.07, 6.45) is 1.78. The molecule has 1 fully saturated rings. The van der Waals surface area contributed by atoms with Gasteiger partial charge >= 0.3 is 0 Å². The van der Waals surface area contributed by atoms with Gasteiger partial charge in [-0.1, -0.05) is 48.0 Å². The number of amidine groups is 1. The van der Waals surface area contributed by atoms with Crippen LogP contribution in [0.2, 0.25) is 5.02 Å².